The van der Waals surface area contributed by atoms with Crippen LogP contribution < -0.4 is 10.9 Å². The van der Waals surface area contributed by atoms with E-state index in [4.69, 9.17) is 4.98 Å². The maximum Gasteiger partial charge on any atom is 0.257 e. The molecule has 0 saturated carbocycles. The lowest BCUT2D eigenvalue weighted by Gasteiger charge is -2.32. The molecule has 1 aliphatic heterocycles. The second-order valence-corrected chi connectivity index (χ2v) is 9.01. The van der Waals surface area contributed by atoms with Crippen molar-refractivity contribution in [3.63, 3.8) is 0 Å². The number of aromatic nitrogens is 2. The number of nitrogens with zero attached hydrogens (tertiary/aromatic N) is 1. The summed E-state index contributed by atoms with van der Waals surface area (Å²) in [5.41, 5.74) is 5.20. The average Bonchev–Trinajstić information content (AvgIpc) is 2.77. The van der Waals surface area contributed by atoms with Crippen LogP contribution in [0.5, 0.6) is 0 Å². The van der Waals surface area contributed by atoms with Crippen LogP contribution >= 0.6 is 11.8 Å². The number of hydrogen-bond donors (Lipinski definition) is 2. The fourth-order valence-electron chi connectivity index (χ4n) is 4.42. The average molecular weight is 430 g/mol. The largest absolute Gasteiger partial charge is 0.343 e. The number of thioether (sulfide) groups is 1. The molecule has 5 rings (SSSR count). The van der Waals surface area contributed by atoms with Gasteiger partial charge in [0.25, 0.3) is 5.56 Å². The van der Waals surface area contributed by atoms with E-state index < -0.39 is 0 Å². The molecule has 0 spiro atoms. The van der Waals surface area contributed by atoms with Crippen LogP contribution in [0.1, 0.15) is 47.4 Å². The molecule has 1 atom stereocenters. The van der Waals surface area contributed by atoms with Crippen LogP contribution in [-0.2, 0) is 10.5 Å². The molecule has 2 aromatic carbocycles. The smallest absolute Gasteiger partial charge is 0.257 e. The quantitative estimate of drug-likeness (QED) is 0.454. The van der Waals surface area contributed by atoms with Gasteiger partial charge in [-0.2, -0.15) is 0 Å². The number of aryl methyl sites for hydroxylation is 1. The van der Waals surface area contributed by atoms with E-state index in [2.05, 4.69) is 28.5 Å². The molecule has 156 valence electrons. The molecule has 5 nitrogen and oxygen atoms in total. The summed E-state index contributed by atoms with van der Waals surface area (Å²) in [6, 6.07) is 18.2. The number of carbonyl (C=O) groups excluding carboxylic acids is 1. The van der Waals surface area contributed by atoms with Gasteiger partial charge >= 0.3 is 0 Å². The molecule has 1 aromatic heterocycles. The van der Waals surface area contributed by atoms with Crippen molar-refractivity contribution >= 4 is 23.4 Å². The number of H-pyrrole nitrogens is 1. The normalized spacial score (nSPS) is 17.7. The molecule has 2 heterocycles. The van der Waals surface area contributed by atoms with Crippen LogP contribution in [0.3, 0.4) is 0 Å². The van der Waals surface area contributed by atoms with Crippen molar-refractivity contribution in [1.29, 1.82) is 0 Å². The minimum atomic E-state index is -0.386. The zero-order valence-electron chi connectivity index (χ0n) is 17.3. The van der Waals surface area contributed by atoms with E-state index in [1.165, 1.54) is 17.3 Å². The molecule has 1 unspecified atom stereocenters. The second-order valence-electron chi connectivity index (χ2n) is 8.05. The van der Waals surface area contributed by atoms with E-state index in [-0.39, 0.29) is 17.3 Å². The third kappa shape index (κ3) is 3.83. The van der Waals surface area contributed by atoms with E-state index in [1.54, 1.807) is 0 Å². The molecule has 0 fully saturated rings. The highest BCUT2D eigenvalue weighted by atomic mass is 32.2. The molecule has 6 heteroatoms. The number of hydrogen-bond acceptors (Lipinski definition) is 5. The number of benzene rings is 2. The van der Waals surface area contributed by atoms with Gasteiger partial charge < -0.3 is 10.3 Å². The van der Waals surface area contributed by atoms with Gasteiger partial charge in [0.15, 0.2) is 10.9 Å². The number of allylic oxidation sites excluding steroid dienone is 2. The van der Waals surface area contributed by atoms with Crippen molar-refractivity contribution in [2.75, 3.05) is 5.32 Å². The Labute approximate surface area is 185 Å². The van der Waals surface area contributed by atoms with Gasteiger partial charge in [-0.25, -0.2) is 4.98 Å². The number of anilines is 1. The monoisotopic (exact) mass is 429 g/mol. The van der Waals surface area contributed by atoms with Crippen LogP contribution in [0.25, 0.3) is 0 Å². The van der Waals surface area contributed by atoms with Gasteiger partial charge in [0.2, 0.25) is 0 Å². The lowest BCUT2D eigenvalue weighted by Crippen LogP contribution is -2.32. The van der Waals surface area contributed by atoms with Crippen molar-refractivity contribution in [3.8, 4) is 0 Å². The number of fused-ring (bicyclic) bond motifs is 1. The number of Topliss-reactive ketones (excluding diaryl/α,β-unsaturated/α-hetero) is 1. The standard InChI is InChI=1S/C25H23N3O2S/c1-15-7-5-10-17(13-15)20-21-18(11-6-12-19(21)29)26-23-22(20)24(30)28-25(27-23)31-14-16-8-3-2-4-9-16/h2-5,7-10,13,20H,6,11-12,14H2,1H3,(H2,26,27,28,30). The first-order valence-corrected chi connectivity index (χ1v) is 11.5. The van der Waals surface area contributed by atoms with Crippen LogP contribution in [0.2, 0.25) is 0 Å². The Bertz CT molecular complexity index is 1250. The lowest BCUT2D eigenvalue weighted by molar-refractivity contribution is -0.116. The summed E-state index contributed by atoms with van der Waals surface area (Å²) in [5.74, 6) is 1.02. The first kappa shape index (κ1) is 19.8. The van der Waals surface area contributed by atoms with Crippen molar-refractivity contribution < 1.29 is 4.79 Å². The molecule has 1 aliphatic carbocycles. The van der Waals surface area contributed by atoms with Gasteiger partial charge in [-0.1, -0.05) is 71.9 Å². The van der Waals surface area contributed by atoms with Gasteiger partial charge in [0.05, 0.1) is 5.56 Å². The minimum Gasteiger partial charge on any atom is -0.343 e. The van der Waals surface area contributed by atoms with Gasteiger partial charge in [0.1, 0.15) is 5.82 Å². The predicted molar refractivity (Wildman–Crippen MR) is 123 cm³/mol. The number of rotatable bonds is 4. The Kier molecular flexibility index (Phi) is 5.24. The third-order valence-corrected chi connectivity index (χ3v) is 6.77. The fourth-order valence-corrected chi connectivity index (χ4v) is 5.23. The molecule has 31 heavy (non-hydrogen) atoms. The highest BCUT2D eigenvalue weighted by Crippen LogP contribution is 2.43. The number of ketones is 1. The molecule has 0 radical (unpaired) electrons. The number of nitrogens with one attached hydrogen (secondary N) is 2. The highest BCUT2D eigenvalue weighted by molar-refractivity contribution is 7.98. The Hall–Kier alpha value is -3.12. The molecular weight excluding hydrogens is 406 g/mol. The van der Waals surface area contributed by atoms with Crippen LogP contribution in [0.4, 0.5) is 5.82 Å². The number of aromatic amines is 1. The number of carbonyl (C=O) groups is 1. The second kappa shape index (κ2) is 8.19. The van der Waals surface area contributed by atoms with E-state index in [1.807, 2.05) is 43.3 Å². The molecule has 2 aliphatic rings. The molecule has 0 amide bonds. The SMILES string of the molecule is Cc1cccc(C2C3=C(CCCC3=O)Nc3nc(SCc4ccccc4)[nH]c(=O)c32)c1. The van der Waals surface area contributed by atoms with Gasteiger partial charge in [-0.15, -0.1) is 0 Å². The predicted octanol–water partition coefficient (Wildman–Crippen LogP) is 4.94. The molecule has 3 aromatic rings. The zero-order chi connectivity index (χ0) is 21.4. The molecular formula is C25H23N3O2S. The van der Waals surface area contributed by atoms with Crippen molar-refractivity contribution in [3.05, 3.63) is 98.5 Å². The molecule has 0 saturated heterocycles. The van der Waals surface area contributed by atoms with Gasteiger partial charge in [-0.3, -0.25) is 9.59 Å². The van der Waals surface area contributed by atoms with E-state index in [9.17, 15) is 9.59 Å². The maximum atomic E-state index is 13.3. The first-order chi connectivity index (χ1) is 15.1. The summed E-state index contributed by atoms with van der Waals surface area (Å²) < 4.78 is 0. The summed E-state index contributed by atoms with van der Waals surface area (Å²) >= 11 is 1.50. The topological polar surface area (TPSA) is 74.8 Å². The zero-order valence-corrected chi connectivity index (χ0v) is 18.1. The Morgan fingerprint density at radius 2 is 1.90 bits per heavy atom. The fraction of sp³-hybridized carbons (Fsp3) is 0.240. The minimum absolute atomic E-state index is 0.118. The summed E-state index contributed by atoms with van der Waals surface area (Å²) in [7, 11) is 0. The van der Waals surface area contributed by atoms with E-state index in [0.717, 1.165) is 41.0 Å². The Morgan fingerprint density at radius 1 is 1.06 bits per heavy atom. The first-order valence-electron chi connectivity index (χ1n) is 10.5. The van der Waals surface area contributed by atoms with E-state index >= 15 is 0 Å². The van der Waals surface area contributed by atoms with Crippen LogP contribution in [0, 0.1) is 6.92 Å². The van der Waals surface area contributed by atoms with Crippen molar-refractivity contribution in [1.82, 2.24) is 9.97 Å². The maximum absolute atomic E-state index is 13.3. The molecule has 2 N–H and O–H groups in total. The van der Waals surface area contributed by atoms with Gasteiger partial charge in [0, 0.05) is 29.4 Å². The van der Waals surface area contributed by atoms with Crippen LogP contribution in [0.15, 0.2) is 75.8 Å². The van der Waals surface area contributed by atoms with Crippen molar-refractivity contribution in [2.24, 2.45) is 0 Å². The summed E-state index contributed by atoms with van der Waals surface area (Å²) in [5, 5.41) is 3.92. The summed E-state index contributed by atoms with van der Waals surface area (Å²) in [6.45, 7) is 2.02. The summed E-state index contributed by atoms with van der Waals surface area (Å²) in [4.78, 5) is 33.9. The van der Waals surface area contributed by atoms with Gasteiger partial charge in [-0.05, 0) is 30.9 Å². The highest BCUT2D eigenvalue weighted by Gasteiger charge is 2.37. The summed E-state index contributed by atoms with van der Waals surface area (Å²) in [6.07, 6.45) is 2.14. The third-order valence-electron chi connectivity index (χ3n) is 5.83. The Morgan fingerprint density at radius 3 is 2.71 bits per heavy atom. The molecule has 0 bridgehead atoms. The lowest BCUT2D eigenvalue weighted by atomic mass is 9.76. The van der Waals surface area contributed by atoms with Crippen LogP contribution in [-0.4, -0.2) is 15.8 Å². The Balaban J connectivity index is 1.58. The van der Waals surface area contributed by atoms with Crippen molar-refractivity contribution in [2.45, 2.75) is 43.0 Å². The van der Waals surface area contributed by atoms with E-state index in [0.29, 0.717) is 23.0 Å².